The van der Waals surface area contributed by atoms with Crippen LogP contribution < -0.4 is 11.1 Å². The van der Waals surface area contributed by atoms with Crippen molar-refractivity contribution in [3.8, 4) is 0 Å². The molecule has 20 heavy (non-hydrogen) atoms. The molecule has 4 N–H and O–H groups in total. The molecule has 1 aromatic carbocycles. The Morgan fingerprint density at radius 1 is 1.25 bits per heavy atom. The van der Waals surface area contributed by atoms with Gasteiger partial charge in [-0.15, -0.1) is 0 Å². The van der Waals surface area contributed by atoms with Crippen molar-refractivity contribution in [3.05, 3.63) is 30.3 Å². The van der Waals surface area contributed by atoms with Crippen LogP contribution in [0.1, 0.15) is 13.3 Å². The summed E-state index contributed by atoms with van der Waals surface area (Å²) in [6, 6.07) is 6.77. The Morgan fingerprint density at radius 3 is 2.40 bits per heavy atom. The molecule has 0 aliphatic rings. The number of carbonyl (C=O) groups is 3. The van der Waals surface area contributed by atoms with Gasteiger partial charge in [0.25, 0.3) is 0 Å². The van der Waals surface area contributed by atoms with E-state index in [2.05, 4.69) is 10.1 Å². The number of para-hydroxylation sites is 1. The van der Waals surface area contributed by atoms with Crippen LogP contribution in [-0.2, 0) is 19.1 Å². The molecule has 0 aliphatic carbocycles. The van der Waals surface area contributed by atoms with Gasteiger partial charge < -0.3 is 20.9 Å². The van der Waals surface area contributed by atoms with Crippen molar-refractivity contribution in [1.29, 1.82) is 0 Å². The highest BCUT2D eigenvalue weighted by Gasteiger charge is 2.24. The van der Waals surface area contributed by atoms with Gasteiger partial charge in [-0.05, 0) is 19.1 Å². The third-order valence-electron chi connectivity index (χ3n) is 2.41. The normalized spacial score (nSPS) is 13.1. The lowest BCUT2D eigenvalue weighted by Crippen LogP contribution is -2.39. The molecule has 108 valence electrons. The van der Waals surface area contributed by atoms with Crippen molar-refractivity contribution in [2.45, 2.75) is 25.4 Å². The average Bonchev–Trinajstić information content (AvgIpc) is 2.38. The largest absolute Gasteiger partial charge is 0.481 e. The number of hydrogen-bond donors (Lipinski definition) is 3. The summed E-state index contributed by atoms with van der Waals surface area (Å²) in [4.78, 5) is 33.4. The van der Waals surface area contributed by atoms with Crippen LogP contribution in [0.3, 0.4) is 0 Å². The number of carboxylic acid groups (broad SMARTS) is 1. The first kappa shape index (κ1) is 15.6. The summed E-state index contributed by atoms with van der Waals surface area (Å²) in [6.45, 7) is 1.52. The highest BCUT2D eigenvalue weighted by molar-refractivity contribution is 5.93. The van der Waals surface area contributed by atoms with E-state index in [-0.39, 0.29) is 0 Å². The number of nitrogens with two attached hydrogens (primary N) is 1. The van der Waals surface area contributed by atoms with Gasteiger partial charge in [-0.3, -0.25) is 4.79 Å². The Labute approximate surface area is 115 Å². The zero-order valence-electron chi connectivity index (χ0n) is 10.9. The molecule has 0 saturated heterocycles. The Kier molecular flexibility index (Phi) is 5.67. The van der Waals surface area contributed by atoms with E-state index in [0.29, 0.717) is 5.69 Å². The maximum atomic E-state index is 11.6. The molecule has 0 radical (unpaired) electrons. The number of ether oxygens (including phenoxy) is 1. The molecule has 0 amide bonds. The summed E-state index contributed by atoms with van der Waals surface area (Å²) < 4.78 is 4.52. The van der Waals surface area contributed by atoms with Crippen molar-refractivity contribution in [3.63, 3.8) is 0 Å². The van der Waals surface area contributed by atoms with E-state index in [1.54, 1.807) is 24.3 Å². The van der Waals surface area contributed by atoms with Gasteiger partial charge in [0.15, 0.2) is 0 Å². The number of carboxylic acids is 1. The standard InChI is InChI=1S/C13H16N2O5/c1-8(15-9-5-3-2-4-6-9)12(18)20-13(19)10(14)7-11(16)17/h2-6,8,10,15H,7,14H2,1H3,(H,16,17)/t8-,10-/m0/s1. The highest BCUT2D eigenvalue weighted by Crippen LogP contribution is 2.08. The van der Waals surface area contributed by atoms with Gasteiger partial charge in [-0.2, -0.15) is 0 Å². The van der Waals surface area contributed by atoms with Gasteiger partial charge in [-0.1, -0.05) is 18.2 Å². The summed E-state index contributed by atoms with van der Waals surface area (Å²) in [5.41, 5.74) is 5.98. The van der Waals surface area contributed by atoms with E-state index in [1.807, 2.05) is 6.07 Å². The number of hydrogen-bond acceptors (Lipinski definition) is 6. The molecule has 0 bridgehead atoms. The predicted molar refractivity (Wildman–Crippen MR) is 70.9 cm³/mol. The number of anilines is 1. The number of esters is 2. The predicted octanol–water partition coefficient (Wildman–Crippen LogP) is 0.359. The lowest BCUT2D eigenvalue weighted by molar-refractivity contribution is -0.162. The summed E-state index contributed by atoms with van der Waals surface area (Å²) in [5.74, 6) is -3.11. The third-order valence-corrected chi connectivity index (χ3v) is 2.41. The Hall–Kier alpha value is -2.41. The van der Waals surface area contributed by atoms with E-state index < -0.39 is 36.4 Å². The van der Waals surface area contributed by atoms with Gasteiger partial charge in [0.1, 0.15) is 12.1 Å². The molecule has 0 aromatic heterocycles. The van der Waals surface area contributed by atoms with Crippen LogP contribution in [0.25, 0.3) is 0 Å². The molecule has 0 aliphatic heterocycles. The van der Waals surface area contributed by atoms with E-state index in [1.165, 1.54) is 6.92 Å². The summed E-state index contributed by atoms with van der Waals surface area (Å²) in [5, 5.41) is 11.3. The smallest absolute Gasteiger partial charge is 0.335 e. The van der Waals surface area contributed by atoms with Crippen molar-refractivity contribution >= 4 is 23.6 Å². The van der Waals surface area contributed by atoms with Gasteiger partial charge in [-0.25, -0.2) is 9.59 Å². The quantitative estimate of drug-likeness (QED) is 0.508. The van der Waals surface area contributed by atoms with Crippen LogP contribution in [0, 0.1) is 0 Å². The topological polar surface area (TPSA) is 119 Å². The summed E-state index contributed by atoms with van der Waals surface area (Å²) in [7, 11) is 0. The van der Waals surface area contributed by atoms with Gasteiger partial charge >= 0.3 is 17.9 Å². The second kappa shape index (κ2) is 7.25. The lowest BCUT2D eigenvalue weighted by atomic mass is 10.2. The number of rotatable bonds is 6. The third kappa shape index (κ3) is 5.07. The molecule has 0 unspecified atom stereocenters. The summed E-state index contributed by atoms with van der Waals surface area (Å²) >= 11 is 0. The number of carbonyl (C=O) groups excluding carboxylic acids is 2. The molecule has 1 rings (SSSR count). The van der Waals surface area contributed by atoms with E-state index in [0.717, 1.165) is 0 Å². The maximum Gasteiger partial charge on any atom is 0.335 e. The molecule has 0 fully saturated rings. The second-order valence-electron chi connectivity index (χ2n) is 4.18. The zero-order valence-corrected chi connectivity index (χ0v) is 10.9. The van der Waals surface area contributed by atoms with E-state index in [4.69, 9.17) is 10.8 Å². The van der Waals surface area contributed by atoms with Crippen molar-refractivity contribution in [2.24, 2.45) is 5.73 Å². The van der Waals surface area contributed by atoms with Crippen LogP contribution >= 0.6 is 0 Å². The van der Waals surface area contributed by atoms with Crippen molar-refractivity contribution < 1.29 is 24.2 Å². The lowest BCUT2D eigenvalue weighted by Gasteiger charge is -2.14. The molecule has 7 nitrogen and oxygen atoms in total. The molecular formula is C13H16N2O5. The molecule has 0 spiro atoms. The first-order chi connectivity index (χ1) is 9.40. The monoisotopic (exact) mass is 280 g/mol. The second-order valence-corrected chi connectivity index (χ2v) is 4.18. The minimum atomic E-state index is -1.36. The van der Waals surface area contributed by atoms with Crippen LogP contribution in [0.4, 0.5) is 5.69 Å². The molecule has 1 aromatic rings. The van der Waals surface area contributed by atoms with Gasteiger partial charge in [0, 0.05) is 5.69 Å². The molecule has 2 atom stereocenters. The van der Waals surface area contributed by atoms with E-state index in [9.17, 15) is 14.4 Å². The fraction of sp³-hybridized carbons (Fsp3) is 0.308. The number of benzene rings is 1. The fourth-order valence-electron chi connectivity index (χ4n) is 1.38. The van der Waals surface area contributed by atoms with Crippen LogP contribution in [-0.4, -0.2) is 35.1 Å². The zero-order chi connectivity index (χ0) is 15.1. The molecular weight excluding hydrogens is 264 g/mol. The number of nitrogens with one attached hydrogen (secondary N) is 1. The van der Waals surface area contributed by atoms with Crippen molar-refractivity contribution in [1.82, 2.24) is 0 Å². The van der Waals surface area contributed by atoms with Gasteiger partial charge in [0.05, 0.1) is 6.42 Å². The van der Waals surface area contributed by atoms with Crippen LogP contribution in [0.2, 0.25) is 0 Å². The Balaban J connectivity index is 2.49. The number of aliphatic carboxylic acids is 1. The first-order valence-corrected chi connectivity index (χ1v) is 5.94. The van der Waals surface area contributed by atoms with Crippen molar-refractivity contribution in [2.75, 3.05) is 5.32 Å². The SMILES string of the molecule is C[C@H](Nc1ccccc1)C(=O)OC(=O)[C@@H](N)CC(=O)O. The Bertz CT molecular complexity index is 489. The molecule has 7 heteroatoms. The van der Waals surface area contributed by atoms with Crippen LogP contribution in [0.5, 0.6) is 0 Å². The Morgan fingerprint density at radius 2 is 1.85 bits per heavy atom. The van der Waals surface area contributed by atoms with Gasteiger partial charge in [0.2, 0.25) is 0 Å². The molecule has 0 saturated carbocycles. The maximum absolute atomic E-state index is 11.6. The average molecular weight is 280 g/mol. The molecule has 0 heterocycles. The highest BCUT2D eigenvalue weighted by atomic mass is 16.6. The minimum Gasteiger partial charge on any atom is -0.481 e. The minimum absolute atomic E-state index is 0.591. The van der Waals surface area contributed by atoms with E-state index >= 15 is 0 Å². The first-order valence-electron chi connectivity index (χ1n) is 5.94. The van der Waals surface area contributed by atoms with Crippen LogP contribution in [0.15, 0.2) is 30.3 Å². The summed E-state index contributed by atoms with van der Waals surface area (Å²) in [6.07, 6.45) is -0.591. The fourth-order valence-corrected chi connectivity index (χ4v) is 1.38.